The Hall–Kier alpha value is -3.23. The summed E-state index contributed by atoms with van der Waals surface area (Å²) in [6, 6.07) is 18.7. The second-order valence-corrected chi connectivity index (χ2v) is 10.7. The molecule has 0 aliphatic heterocycles. The number of carbonyl (C=O) groups is 2. The molecule has 0 aromatic heterocycles. The summed E-state index contributed by atoms with van der Waals surface area (Å²) < 4.78 is 28.7. The van der Waals surface area contributed by atoms with Gasteiger partial charge >= 0.3 is 0 Å². The van der Waals surface area contributed by atoms with Crippen LogP contribution in [-0.4, -0.2) is 26.3 Å². The lowest BCUT2D eigenvalue weighted by molar-refractivity contribution is -0.123. The summed E-state index contributed by atoms with van der Waals surface area (Å²) in [5.74, 6) is -0.555. The van der Waals surface area contributed by atoms with Crippen molar-refractivity contribution in [3.63, 3.8) is 0 Å². The van der Waals surface area contributed by atoms with Gasteiger partial charge in [-0.05, 0) is 59.4 Å². The standard InChI is InChI=1S/C26H29N3O4S/c1-17(2)24(29-34(32,33)23-13-12-19-7-3-4-8-21(19)15-23)26(31)27-16-18-6-5-9-22(14-18)28-25(30)20-10-11-20/h3-9,12-15,17,20,24,29H,10-11,16H2,1-2H3,(H,27,31)(H,28,30). The first-order valence-corrected chi connectivity index (χ1v) is 12.9. The van der Waals surface area contributed by atoms with Crippen molar-refractivity contribution < 1.29 is 18.0 Å². The molecule has 0 saturated heterocycles. The molecule has 3 aromatic rings. The molecule has 3 aromatic carbocycles. The van der Waals surface area contributed by atoms with E-state index in [1.807, 2.05) is 42.5 Å². The summed E-state index contributed by atoms with van der Waals surface area (Å²) >= 11 is 0. The van der Waals surface area contributed by atoms with Gasteiger partial charge in [0.2, 0.25) is 21.8 Å². The molecule has 8 heteroatoms. The predicted octanol–water partition coefficient (Wildman–Crippen LogP) is 3.81. The number of carbonyl (C=O) groups excluding carboxylic acids is 2. The molecule has 1 aliphatic rings. The lowest BCUT2D eigenvalue weighted by Crippen LogP contribution is -2.49. The van der Waals surface area contributed by atoms with Gasteiger partial charge in [0, 0.05) is 18.2 Å². The Kier molecular flexibility index (Phi) is 7.00. The SMILES string of the molecule is CC(C)C(NS(=O)(=O)c1ccc2ccccc2c1)C(=O)NCc1cccc(NC(=O)C2CC2)c1. The zero-order valence-corrected chi connectivity index (χ0v) is 20.1. The van der Waals surface area contributed by atoms with Gasteiger partial charge in [-0.25, -0.2) is 8.42 Å². The number of benzene rings is 3. The van der Waals surface area contributed by atoms with Gasteiger partial charge in [-0.3, -0.25) is 9.59 Å². The fraction of sp³-hybridized carbons (Fsp3) is 0.308. The van der Waals surface area contributed by atoms with E-state index in [-0.39, 0.29) is 29.2 Å². The molecule has 178 valence electrons. The van der Waals surface area contributed by atoms with Crippen molar-refractivity contribution in [3.8, 4) is 0 Å². The molecule has 1 saturated carbocycles. The largest absolute Gasteiger partial charge is 0.351 e. The lowest BCUT2D eigenvalue weighted by Gasteiger charge is -2.22. The maximum Gasteiger partial charge on any atom is 0.241 e. The first-order chi connectivity index (χ1) is 16.2. The third-order valence-electron chi connectivity index (χ3n) is 5.87. The summed E-state index contributed by atoms with van der Waals surface area (Å²) in [6.45, 7) is 3.80. The number of amides is 2. The molecule has 1 aliphatic carbocycles. The van der Waals surface area contributed by atoms with E-state index >= 15 is 0 Å². The Labute approximate surface area is 200 Å². The van der Waals surface area contributed by atoms with E-state index in [1.165, 1.54) is 0 Å². The molecule has 4 rings (SSSR count). The normalized spacial score (nSPS) is 14.7. The van der Waals surface area contributed by atoms with Crippen LogP contribution in [0.5, 0.6) is 0 Å². The molecule has 0 radical (unpaired) electrons. The van der Waals surface area contributed by atoms with Gasteiger partial charge in [-0.15, -0.1) is 0 Å². The van der Waals surface area contributed by atoms with Crippen LogP contribution in [0.4, 0.5) is 5.69 Å². The maximum absolute atomic E-state index is 13.0. The number of rotatable bonds is 9. The monoisotopic (exact) mass is 479 g/mol. The summed E-state index contributed by atoms with van der Waals surface area (Å²) in [5.41, 5.74) is 1.49. The predicted molar refractivity (Wildman–Crippen MR) is 133 cm³/mol. The third kappa shape index (κ3) is 5.81. The number of hydrogen-bond acceptors (Lipinski definition) is 4. The number of sulfonamides is 1. The molecule has 34 heavy (non-hydrogen) atoms. The smallest absolute Gasteiger partial charge is 0.241 e. The van der Waals surface area contributed by atoms with Crippen LogP contribution in [0, 0.1) is 11.8 Å². The van der Waals surface area contributed by atoms with Crippen molar-refractivity contribution in [2.24, 2.45) is 11.8 Å². The van der Waals surface area contributed by atoms with Crippen LogP contribution >= 0.6 is 0 Å². The Balaban J connectivity index is 1.42. The van der Waals surface area contributed by atoms with Gasteiger partial charge in [0.15, 0.2) is 0 Å². The van der Waals surface area contributed by atoms with Crippen molar-refractivity contribution >= 4 is 38.3 Å². The maximum atomic E-state index is 13.0. The van der Waals surface area contributed by atoms with Gasteiger partial charge < -0.3 is 10.6 Å². The average Bonchev–Trinajstić information content (AvgIpc) is 3.66. The molecular formula is C26H29N3O4S. The van der Waals surface area contributed by atoms with Crippen molar-refractivity contribution in [1.82, 2.24) is 10.0 Å². The summed E-state index contributed by atoms with van der Waals surface area (Å²) in [4.78, 5) is 25.0. The molecule has 1 fully saturated rings. The Bertz CT molecular complexity index is 1320. The topological polar surface area (TPSA) is 104 Å². The molecule has 0 heterocycles. The van der Waals surface area contributed by atoms with E-state index in [2.05, 4.69) is 15.4 Å². The number of fused-ring (bicyclic) bond motifs is 1. The highest BCUT2D eigenvalue weighted by molar-refractivity contribution is 7.89. The number of nitrogens with one attached hydrogen (secondary N) is 3. The summed E-state index contributed by atoms with van der Waals surface area (Å²) in [7, 11) is -3.90. The van der Waals surface area contributed by atoms with Crippen molar-refractivity contribution in [2.75, 3.05) is 5.32 Å². The number of hydrogen-bond donors (Lipinski definition) is 3. The van der Waals surface area contributed by atoms with Crippen LogP contribution in [0.2, 0.25) is 0 Å². The van der Waals surface area contributed by atoms with Gasteiger partial charge in [0.1, 0.15) is 6.04 Å². The van der Waals surface area contributed by atoms with Crippen LogP contribution in [0.25, 0.3) is 10.8 Å². The molecule has 7 nitrogen and oxygen atoms in total. The summed E-state index contributed by atoms with van der Waals surface area (Å²) in [6.07, 6.45) is 1.85. The highest BCUT2D eigenvalue weighted by Crippen LogP contribution is 2.30. The van der Waals surface area contributed by atoms with E-state index in [9.17, 15) is 18.0 Å². The summed E-state index contributed by atoms with van der Waals surface area (Å²) in [5, 5.41) is 7.46. The zero-order chi connectivity index (χ0) is 24.3. The molecular weight excluding hydrogens is 450 g/mol. The molecule has 1 atom stereocenters. The molecule has 2 amide bonds. The first-order valence-electron chi connectivity index (χ1n) is 11.4. The van der Waals surface area contributed by atoms with Crippen LogP contribution < -0.4 is 15.4 Å². The minimum absolute atomic E-state index is 0.0177. The first kappa shape index (κ1) is 23.9. The van der Waals surface area contributed by atoms with Crippen LogP contribution in [0.1, 0.15) is 32.3 Å². The van der Waals surface area contributed by atoms with E-state index in [0.717, 1.165) is 29.2 Å². The second-order valence-electron chi connectivity index (χ2n) is 9.03. The van der Waals surface area contributed by atoms with E-state index in [0.29, 0.717) is 5.69 Å². The highest BCUT2D eigenvalue weighted by Gasteiger charge is 2.30. The van der Waals surface area contributed by atoms with Gasteiger partial charge in [-0.2, -0.15) is 4.72 Å². The highest BCUT2D eigenvalue weighted by atomic mass is 32.2. The Morgan fingerprint density at radius 2 is 1.68 bits per heavy atom. The van der Waals surface area contributed by atoms with Crippen LogP contribution in [0.3, 0.4) is 0 Å². The minimum Gasteiger partial charge on any atom is -0.351 e. The van der Waals surface area contributed by atoms with Crippen molar-refractivity contribution in [2.45, 2.75) is 44.2 Å². The molecule has 3 N–H and O–H groups in total. The fourth-order valence-electron chi connectivity index (χ4n) is 3.71. The van der Waals surface area contributed by atoms with E-state index < -0.39 is 22.0 Å². The van der Waals surface area contributed by atoms with Crippen molar-refractivity contribution in [3.05, 3.63) is 72.3 Å². The van der Waals surface area contributed by atoms with Gasteiger partial charge in [-0.1, -0.05) is 56.3 Å². The third-order valence-corrected chi connectivity index (χ3v) is 7.31. The zero-order valence-electron chi connectivity index (χ0n) is 19.2. The van der Waals surface area contributed by atoms with Gasteiger partial charge in [0.05, 0.1) is 4.90 Å². The number of anilines is 1. The van der Waals surface area contributed by atoms with Crippen LogP contribution in [0.15, 0.2) is 71.6 Å². The molecule has 0 spiro atoms. The van der Waals surface area contributed by atoms with Gasteiger partial charge in [0.25, 0.3) is 0 Å². The van der Waals surface area contributed by atoms with E-state index in [4.69, 9.17) is 0 Å². The minimum atomic E-state index is -3.90. The molecule has 0 bridgehead atoms. The van der Waals surface area contributed by atoms with E-state index in [1.54, 1.807) is 38.1 Å². The van der Waals surface area contributed by atoms with Crippen LogP contribution in [-0.2, 0) is 26.2 Å². The lowest BCUT2D eigenvalue weighted by atomic mass is 10.0. The Morgan fingerprint density at radius 1 is 0.941 bits per heavy atom. The molecule has 1 unspecified atom stereocenters. The van der Waals surface area contributed by atoms with Crippen molar-refractivity contribution in [1.29, 1.82) is 0 Å². The Morgan fingerprint density at radius 3 is 2.38 bits per heavy atom. The second kappa shape index (κ2) is 9.95. The fourth-order valence-corrected chi connectivity index (χ4v) is 5.09. The average molecular weight is 480 g/mol. The quantitative estimate of drug-likeness (QED) is 0.434.